The summed E-state index contributed by atoms with van der Waals surface area (Å²) in [7, 11) is 0. The van der Waals surface area contributed by atoms with E-state index in [0.717, 1.165) is 29.7 Å². The van der Waals surface area contributed by atoms with Crippen LogP contribution >= 0.6 is 0 Å². The number of aliphatic imine (C=N–C) groups is 1. The Morgan fingerprint density at radius 1 is 1.10 bits per heavy atom. The van der Waals surface area contributed by atoms with Gasteiger partial charge in [-0.1, -0.05) is 45.9 Å². The average molecular weight is 535 g/mol. The Bertz CT molecular complexity index is 1210. The van der Waals surface area contributed by atoms with Crippen LogP contribution in [-0.2, 0) is 11.3 Å². The van der Waals surface area contributed by atoms with E-state index in [2.05, 4.69) is 28.5 Å². The largest absolute Gasteiger partial charge is 0.494 e. The molecule has 210 valence electrons. The number of hydrogen-bond donors (Lipinski definition) is 2. The molecule has 0 radical (unpaired) electrons. The molecule has 0 saturated heterocycles. The van der Waals surface area contributed by atoms with Crippen LogP contribution in [0.25, 0.3) is 6.08 Å². The van der Waals surface area contributed by atoms with Crippen LogP contribution in [0.15, 0.2) is 47.5 Å². The molecule has 2 aromatic carbocycles. The summed E-state index contributed by atoms with van der Waals surface area (Å²) >= 11 is 0. The number of nitrogens with zero attached hydrogens (tertiary/aromatic N) is 2. The third-order valence-electron chi connectivity index (χ3n) is 6.61. The lowest BCUT2D eigenvalue weighted by Gasteiger charge is -2.30. The number of rotatable bonds is 2. The first-order valence-electron chi connectivity index (χ1n) is 14.2. The van der Waals surface area contributed by atoms with Crippen molar-refractivity contribution in [3.63, 3.8) is 0 Å². The molecule has 3 N–H and O–H groups in total. The summed E-state index contributed by atoms with van der Waals surface area (Å²) < 4.78 is 11.6. The molecule has 2 amide bonds. The van der Waals surface area contributed by atoms with Gasteiger partial charge in [-0.3, -0.25) is 14.5 Å². The zero-order valence-electron chi connectivity index (χ0n) is 23.8. The van der Waals surface area contributed by atoms with Crippen LogP contribution in [-0.4, -0.2) is 41.9 Å². The molecule has 2 atom stereocenters. The number of fused-ring (bicyclic) bond motifs is 4. The molecule has 6 rings (SSSR count). The van der Waals surface area contributed by atoms with Gasteiger partial charge >= 0.3 is 0 Å². The highest BCUT2D eigenvalue weighted by atomic mass is 16.5. The van der Waals surface area contributed by atoms with Gasteiger partial charge in [-0.25, -0.2) is 4.99 Å². The quantitative estimate of drug-likeness (QED) is 0.521. The zero-order chi connectivity index (χ0) is 28.4. The van der Waals surface area contributed by atoms with Crippen molar-refractivity contribution in [2.45, 2.75) is 78.9 Å². The fourth-order valence-corrected chi connectivity index (χ4v) is 4.80. The summed E-state index contributed by atoms with van der Waals surface area (Å²) in [5.74, 6) is 1.35. The zero-order valence-corrected chi connectivity index (χ0v) is 23.8. The first kappa shape index (κ1) is 29.7. The normalized spacial score (nSPS) is 20.8. The van der Waals surface area contributed by atoms with E-state index < -0.39 is 0 Å². The van der Waals surface area contributed by atoms with Gasteiger partial charge in [-0.2, -0.15) is 0 Å². The summed E-state index contributed by atoms with van der Waals surface area (Å²) in [4.78, 5) is 32.3. The number of benzene rings is 2. The molecule has 0 fully saturated rings. The van der Waals surface area contributed by atoms with Crippen LogP contribution < -0.4 is 20.5 Å². The molecule has 8 heteroatoms. The molecule has 6 bridgehead atoms. The van der Waals surface area contributed by atoms with Crippen molar-refractivity contribution in [3.8, 4) is 11.5 Å². The van der Waals surface area contributed by atoms with E-state index in [1.54, 1.807) is 18.2 Å². The molecule has 4 aliphatic heterocycles. The first-order valence-corrected chi connectivity index (χ1v) is 14.2. The third kappa shape index (κ3) is 7.19. The Kier molecular flexibility index (Phi) is 11.0. The predicted octanol–water partition coefficient (Wildman–Crippen LogP) is 5.61. The summed E-state index contributed by atoms with van der Waals surface area (Å²) in [6, 6.07) is 11.0. The van der Waals surface area contributed by atoms with E-state index in [-0.39, 0.29) is 36.4 Å². The number of hydrogen-bond acceptors (Lipinski definition) is 6. The second-order valence-electron chi connectivity index (χ2n) is 9.02. The van der Waals surface area contributed by atoms with Crippen molar-refractivity contribution < 1.29 is 19.1 Å². The number of nitrogens with two attached hydrogens (primary N) is 1. The maximum Gasteiger partial charge on any atom is 0.251 e. The van der Waals surface area contributed by atoms with Gasteiger partial charge in [0, 0.05) is 29.5 Å². The number of carbonyl (C=O) groups is 2. The average Bonchev–Trinajstić information content (AvgIpc) is 2.96. The van der Waals surface area contributed by atoms with E-state index in [1.165, 1.54) is 4.90 Å². The molecule has 8 nitrogen and oxygen atoms in total. The van der Waals surface area contributed by atoms with Gasteiger partial charge in [0.1, 0.15) is 11.5 Å². The monoisotopic (exact) mass is 534 g/mol. The fraction of sp³-hybridized carbons (Fsp3) is 0.452. The van der Waals surface area contributed by atoms with Gasteiger partial charge in [0.2, 0.25) is 5.91 Å². The minimum atomic E-state index is -0.194. The molecule has 39 heavy (non-hydrogen) atoms. The predicted molar refractivity (Wildman–Crippen MR) is 156 cm³/mol. The molecule has 2 unspecified atom stereocenters. The van der Waals surface area contributed by atoms with E-state index in [4.69, 9.17) is 15.2 Å². The Morgan fingerprint density at radius 2 is 1.90 bits per heavy atom. The first-order chi connectivity index (χ1) is 19.0. The van der Waals surface area contributed by atoms with Crippen LogP contribution in [0.3, 0.4) is 0 Å². The SMILES string of the molecule is CC.CC.CCOc1ccc2cc1CN1C(=O)CC(CC/C=C\c3ccc4c(c3)C(CCO4)NC2=O)N=C1N. The lowest BCUT2D eigenvalue weighted by molar-refractivity contribution is -0.128. The minimum Gasteiger partial charge on any atom is -0.494 e. The highest BCUT2D eigenvalue weighted by Gasteiger charge is 2.29. The van der Waals surface area contributed by atoms with Crippen LogP contribution in [0.5, 0.6) is 11.5 Å². The Morgan fingerprint density at radius 3 is 2.64 bits per heavy atom. The molecule has 0 saturated carbocycles. The number of carbonyl (C=O) groups excluding carboxylic acids is 2. The molecule has 4 heterocycles. The summed E-state index contributed by atoms with van der Waals surface area (Å²) in [5.41, 5.74) is 9.44. The number of allylic oxidation sites excluding steroid dienone is 1. The lowest BCUT2D eigenvalue weighted by Crippen LogP contribution is -2.46. The molecular weight excluding hydrogens is 492 g/mol. The van der Waals surface area contributed by atoms with Crippen molar-refractivity contribution in [2.24, 2.45) is 10.7 Å². The summed E-state index contributed by atoms with van der Waals surface area (Å²) in [6.45, 7) is 11.1. The second kappa shape index (κ2) is 14.4. The van der Waals surface area contributed by atoms with Gasteiger partial charge < -0.3 is 20.5 Å². The third-order valence-corrected chi connectivity index (χ3v) is 6.61. The van der Waals surface area contributed by atoms with Crippen molar-refractivity contribution in [1.82, 2.24) is 10.2 Å². The molecule has 0 aliphatic carbocycles. The smallest absolute Gasteiger partial charge is 0.251 e. The minimum absolute atomic E-state index is 0.0765. The summed E-state index contributed by atoms with van der Waals surface area (Å²) in [6.07, 6.45) is 6.65. The number of ether oxygens (including phenoxy) is 2. The van der Waals surface area contributed by atoms with E-state index in [9.17, 15) is 9.59 Å². The van der Waals surface area contributed by atoms with Crippen LogP contribution in [0.2, 0.25) is 0 Å². The second-order valence-corrected chi connectivity index (χ2v) is 9.02. The van der Waals surface area contributed by atoms with E-state index in [0.29, 0.717) is 42.9 Å². The Hall–Kier alpha value is -3.81. The molecule has 2 aromatic rings. The van der Waals surface area contributed by atoms with Crippen LogP contribution in [0, 0.1) is 0 Å². The topological polar surface area (TPSA) is 106 Å². The van der Waals surface area contributed by atoms with Gasteiger partial charge in [0.25, 0.3) is 5.91 Å². The lowest BCUT2D eigenvalue weighted by atomic mass is 9.97. The van der Waals surface area contributed by atoms with Gasteiger partial charge in [0.15, 0.2) is 5.96 Å². The van der Waals surface area contributed by atoms with Crippen LogP contribution in [0.1, 0.15) is 93.4 Å². The maximum atomic E-state index is 13.3. The van der Waals surface area contributed by atoms with Crippen molar-refractivity contribution in [1.29, 1.82) is 0 Å². The van der Waals surface area contributed by atoms with E-state index >= 15 is 0 Å². The highest BCUT2D eigenvalue weighted by molar-refractivity contribution is 5.99. The van der Waals surface area contributed by atoms with Gasteiger partial charge in [0.05, 0.1) is 31.8 Å². The standard InChI is InChI=1S/C27H30N4O4.2C2H6/c1-2-34-23-10-8-18-14-19(23)16-31-25(32)15-20(29-27(31)28)6-4-3-5-17-7-9-24-21(13-17)22(11-12-35-24)30-26(18)33;2*1-2/h3,5,7-10,13-14,20,22H,2,4,6,11-12,15-16H2,1H3,(H2,28,29)(H,30,33);2*1-2H3/b5-3-;;. The summed E-state index contributed by atoms with van der Waals surface area (Å²) in [5, 5.41) is 3.17. The van der Waals surface area contributed by atoms with Gasteiger partial charge in [-0.15, -0.1) is 0 Å². The van der Waals surface area contributed by atoms with Crippen molar-refractivity contribution in [2.75, 3.05) is 13.2 Å². The number of nitrogens with one attached hydrogen (secondary N) is 1. The molecule has 0 spiro atoms. The number of guanidine groups is 1. The molecular formula is C31H42N4O4. The van der Waals surface area contributed by atoms with E-state index in [1.807, 2.05) is 46.8 Å². The fourth-order valence-electron chi connectivity index (χ4n) is 4.80. The van der Waals surface area contributed by atoms with Crippen molar-refractivity contribution in [3.05, 3.63) is 64.7 Å². The molecule has 0 aromatic heterocycles. The van der Waals surface area contributed by atoms with Crippen LogP contribution in [0.4, 0.5) is 0 Å². The Labute approximate surface area is 232 Å². The highest BCUT2D eigenvalue weighted by Crippen LogP contribution is 2.34. The maximum absolute atomic E-state index is 13.3. The molecule has 4 aliphatic rings. The Balaban J connectivity index is 0.00000100. The number of amides is 2. The van der Waals surface area contributed by atoms with Gasteiger partial charge in [-0.05, 0) is 55.7 Å². The van der Waals surface area contributed by atoms with Crippen molar-refractivity contribution >= 4 is 23.8 Å².